The van der Waals surface area contributed by atoms with E-state index in [-0.39, 0.29) is 0 Å². The summed E-state index contributed by atoms with van der Waals surface area (Å²) in [5.41, 5.74) is 4.83. The van der Waals surface area contributed by atoms with Gasteiger partial charge in [0, 0.05) is 37.1 Å². The first-order chi connectivity index (χ1) is 9.84. The highest BCUT2D eigenvalue weighted by atomic mass is 14.9. The van der Waals surface area contributed by atoms with Crippen molar-refractivity contribution in [2.45, 2.75) is 20.0 Å². The molecule has 0 unspecified atom stereocenters. The molecule has 3 aromatic rings. The Labute approximate surface area is 118 Å². The van der Waals surface area contributed by atoms with Crippen LogP contribution in [0.15, 0.2) is 55.0 Å². The summed E-state index contributed by atoms with van der Waals surface area (Å²) in [6.45, 7) is 3.77. The molecule has 0 aliphatic carbocycles. The van der Waals surface area contributed by atoms with Crippen LogP contribution in [0, 0.1) is 6.92 Å². The molecule has 3 heteroatoms. The SMILES string of the molecule is Cc1ccncc1CNCc1ccnc2ccccc12. The highest BCUT2D eigenvalue weighted by Crippen LogP contribution is 2.16. The third kappa shape index (κ3) is 2.68. The molecule has 0 amide bonds. The largest absolute Gasteiger partial charge is 0.309 e. The summed E-state index contributed by atoms with van der Waals surface area (Å²) in [6.07, 6.45) is 5.62. The van der Waals surface area contributed by atoms with Gasteiger partial charge in [0.1, 0.15) is 0 Å². The third-order valence-electron chi connectivity index (χ3n) is 3.52. The molecule has 0 bridgehead atoms. The normalized spacial score (nSPS) is 10.8. The zero-order valence-electron chi connectivity index (χ0n) is 11.5. The fraction of sp³-hybridized carbons (Fsp3) is 0.176. The van der Waals surface area contributed by atoms with Gasteiger partial charge in [-0.3, -0.25) is 9.97 Å². The molecule has 1 N–H and O–H groups in total. The Hall–Kier alpha value is -2.26. The van der Waals surface area contributed by atoms with Crippen molar-refractivity contribution in [3.8, 4) is 0 Å². The lowest BCUT2D eigenvalue weighted by Gasteiger charge is -2.09. The van der Waals surface area contributed by atoms with Crippen molar-refractivity contribution >= 4 is 10.9 Å². The lowest BCUT2D eigenvalue weighted by molar-refractivity contribution is 0.691. The van der Waals surface area contributed by atoms with Gasteiger partial charge in [0.05, 0.1) is 5.52 Å². The van der Waals surface area contributed by atoms with Crippen LogP contribution in [0.25, 0.3) is 10.9 Å². The van der Waals surface area contributed by atoms with E-state index in [1.165, 1.54) is 22.1 Å². The summed E-state index contributed by atoms with van der Waals surface area (Å²) in [7, 11) is 0. The van der Waals surface area contributed by atoms with Crippen molar-refractivity contribution in [2.75, 3.05) is 0 Å². The van der Waals surface area contributed by atoms with E-state index < -0.39 is 0 Å². The minimum Gasteiger partial charge on any atom is -0.309 e. The molecule has 3 rings (SSSR count). The van der Waals surface area contributed by atoms with Gasteiger partial charge in [0.2, 0.25) is 0 Å². The average Bonchev–Trinajstić information content (AvgIpc) is 2.49. The Balaban J connectivity index is 1.73. The van der Waals surface area contributed by atoms with Crippen LogP contribution in [-0.4, -0.2) is 9.97 Å². The van der Waals surface area contributed by atoms with Crippen molar-refractivity contribution in [1.29, 1.82) is 0 Å². The van der Waals surface area contributed by atoms with E-state index in [1.807, 2.05) is 36.8 Å². The maximum Gasteiger partial charge on any atom is 0.0705 e. The number of nitrogens with zero attached hydrogens (tertiary/aromatic N) is 2. The zero-order chi connectivity index (χ0) is 13.8. The van der Waals surface area contributed by atoms with Crippen LogP contribution in [0.2, 0.25) is 0 Å². The highest BCUT2D eigenvalue weighted by molar-refractivity contribution is 5.81. The van der Waals surface area contributed by atoms with Gasteiger partial charge >= 0.3 is 0 Å². The monoisotopic (exact) mass is 263 g/mol. The number of aromatic nitrogens is 2. The lowest BCUT2D eigenvalue weighted by atomic mass is 10.1. The highest BCUT2D eigenvalue weighted by Gasteiger charge is 2.02. The van der Waals surface area contributed by atoms with E-state index in [2.05, 4.69) is 40.4 Å². The molecule has 0 atom stereocenters. The maximum atomic E-state index is 4.38. The topological polar surface area (TPSA) is 37.8 Å². The van der Waals surface area contributed by atoms with E-state index in [0.717, 1.165) is 18.6 Å². The van der Waals surface area contributed by atoms with Crippen molar-refractivity contribution in [3.05, 3.63) is 71.7 Å². The first-order valence-corrected chi connectivity index (χ1v) is 6.77. The second-order valence-corrected chi connectivity index (χ2v) is 4.89. The second kappa shape index (κ2) is 5.80. The molecule has 0 aliphatic heterocycles. The molecule has 0 aliphatic rings. The predicted octanol–water partition coefficient (Wildman–Crippen LogP) is 3.23. The number of nitrogens with one attached hydrogen (secondary N) is 1. The number of hydrogen-bond donors (Lipinski definition) is 1. The molecular weight excluding hydrogens is 246 g/mol. The Kier molecular flexibility index (Phi) is 3.70. The van der Waals surface area contributed by atoms with Crippen LogP contribution in [0.1, 0.15) is 16.7 Å². The van der Waals surface area contributed by atoms with E-state index in [4.69, 9.17) is 0 Å². The molecule has 20 heavy (non-hydrogen) atoms. The van der Waals surface area contributed by atoms with Crippen molar-refractivity contribution in [3.63, 3.8) is 0 Å². The quantitative estimate of drug-likeness (QED) is 0.785. The first-order valence-electron chi connectivity index (χ1n) is 6.77. The Bertz CT molecular complexity index is 717. The van der Waals surface area contributed by atoms with Crippen LogP contribution >= 0.6 is 0 Å². The van der Waals surface area contributed by atoms with Gasteiger partial charge in [-0.2, -0.15) is 0 Å². The molecule has 2 heterocycles. The minimum absolute atomic E-state index is 0.830. The van der Waals surface area contributed by atoms with E-state index in [0.29, 0.717) is 0 Å². The predicted molar refractivity (Wildman–Crippen MR) is 81.3 cm³/mol. The third-order valence-corrected chi connectivity index (χ3v) is 3.52. The molecule has 0 saturated carbocycles. The zero-order valence-corrected chi connectivity index (χ0v) is 11.5. The lowest BCUT2D eigenvalue weighted by Crippen LogP contribution is -2.14. The Morgan fingerprint density at radius 3 is 2.70 bits per heavy atom. The van der Waals surface area contributed by atoms with Gasteiger partial charge in [-0.1, -0.05) is 18.2 Å². The van der Waals surface area contributed by atoms with Gasteiger partial charge in [0.25, 0.3) is 0 Å². The van der Waals surface area contributed by atoms with E-state index in [1.54, 1.807) is 0 Å². The van der Waals surface area contributed by atoms with Crippen molar-refractivity contribution < 1.29 is 0 Å². The van der Waals surface area contributed by atoms with Crippen LogP contribution in [-0.2, 0) is 13.1 Å². The van der Waals surface area contributed by atoms with Gasteiger partial charge in [0.15, 0.2) is 0 Å². The summed E-state index contributed by atoms with van der Waals surface area (Å²) in [4.78, 5) is 8.56. The summed E-state index contributed by atoms with van der Waals surface area (Å²) in [5, 5.41) is 4.70. The van der Waals surface area contributed by atoms with Crippen LogP contribution in [0.3, 0.4) is 0 Å². The molecular formula is C17H17N3. The first kappa shape index (κ1) is 12.8. The molecule has 0 fully saturated rings. The maximum absolute atomic E-state index is 4.38. The molecule has 3 nitrogen and oxygen atoms in total. The van der Waals surface area contributed by atoms with Gasteiger partial charge in [-0.15, -0.1) is 0 Å². The second-order valence-electron chi connectivity index (χ2n) is 4.89. The summed E-state index contributed by atoms with van der Waals surface area (Å²) < 4.78 is 0. The number of benzene rings is 1. The molecule has 0 saturated heterocycles. The van der Waals surface area contributed by atoms with E-state index >= 15 is 0 Å². The Morgan fingerprint density at radius 2 is 1.80 bits per heavy atom. The number of para-hydroxylation sites is 1. The number of hydrogen-bond acceptors (Lipinski definition) is 3. The summed E-state index contributed by atoms with van der Waals surface area (Å²) >= 11 is 0. The van der Waals surface area contributed by atoms with Gasteiger partial charge in [-0.25, -0.2) is 0 Å². The fourth-order valence-electron chi connectivity index (χ4n) is 2.32. The standard InChI is InChI=1S/C17H17N3/c1-13-6-8-18-11-15(13)12-19-10-14-7-9-20-17-5-3-2-4-16(14)17/h2-9,11,19H,10,12H2,1H3. The van der Waals surface area contributed by atoms with Gasteiger partial charge in [-0.05, 0) is 41.8 Å². The summed E-state index contributed by atoms with van der Waals surface area (Å²) in [5.74, 6) is 0. The molecule has 2 aromatic heterocycles. The smallest absolute Gasteiger partial charge is 0.0705 e. The van der Waals surface area contributed by atoms with Crippen LogP contribution in [0.4, 0.5) is 0 Å². The van der Waals surface area contributed by atoms with Crippen LogP contribution in [0.5, 0.6) is 0 Å². The molecule has 0 radical (unpaired) electrons. The van der Waals surface area contributed by atoms with Crippen LogP contribution < -0.4 is 5.32 Å². The van der Waals surface area contributed by atoms with E-state index in [9.17, 15) is 0 Å². The number of pyridine rings is 2. The van der Waals surface area contributed by atoms with Gasteiger partial charge < -0.3 is 5.32 Å². The summed E-state index contributed by atoms with van der Waals surface area (Å²) in [6, 6.07) is 12.4. The average molecular weight is 263 g/mol. The van der Waals surface area contributed by atoms with Crippen molar-refractivity contribution in [2.24, 2.45) is 0 Å². The Morgan fingerprint density at radius 1 is 0.950 bits per heavy atom. The fourth-order valence-corrected chi connectivity index (χ4v) is 2.32. The van der Waals surface area contributed by atoms with Crippen molar-refractivity contribution in [1.82, 2.24) is 15.3 Å². The number of aryl methyl sites for hydroxylation is 1. The minimum atomic E-state index is 0.830. The molecule has 0 spiro atoms. The number of fused-ring (bicyclic) bond motifs is 1. The number of rotatable bonds is 4. The molecule has 100 valence electrons. The molecule has 1 aromatic carbocycles.